The summed E-state index contributed by atoms with van der Waals surface area (Å²) in [7, 11) is 0. The molecular formula is C26H19N. The lowest BCUT2D eigenvalue weighted by atomic mass is 9.92. The Morgan fingerprint density at radius 1 is 0.593 bits per heavy atom. The third-order valence-electron chi connectivity index (χ3n) is 5.25. The zero-order valence-corrected chi connectivity index (χ0v) is 15.2. The Morgan fingerprint density at radius 2 is 1.26 bits per heavy atom. The SMILES string of the molecule is Cc1cccnc1-c1ccc(-c2cc3ccccc3c3ccccc23)cc1. The fraction of sp³-hybridized carbons (Fsp3) is 0.0385. The van der Waals surface area contributed by atoms with Crippen LogP contribution in [0, 0.1) is 6.92 Å². The van der Waals surface area contributed by atoms with E-state index in [2.05, 4.69) is 96.8 Å². The summed E-state index contributed by atoms with van der Waals surface area (Å²) in [6.45, 7) is 2.10. The first-order chi connectivity index (χ1) is 13.3. The zero-order valence-electron chi connectivity index (χ0n) is 15.2. The van der Waals surface area contributed by atoms with Crippen LogP contribution in [-0.4, -0.2) is 4.98 Å². The number of nitrogens with zero attached hydrogens (tertiary/aromatic N) is 1. The van der Waals surface area contributed by atoms with Gasteiger partial charge in [0.25, 0.3) is 0 Å². The maximum absolute atomic E-state index is 4.54. The van der Waals surface area contributed by atoms with Gasteiger partial charge in [-0.15, -0.1) is 0 Å². The maximum Gasteiger partial charge on any atom is 0.0731 e. The number of benzene rings is 4. The molecule has 0 aliphatic carbocycles. The molecule has 0 saturated heterocycles. The van der Waals surface area contributed by atoms with Crippen LogP contribution in [0.4, 0.5) is 0 Å². The molecule has 0 atom stereocenters. The first-order valence-corrected chi connectivity index (χ1v) is 9.24. The molecule has 0 spiro atoms. The van der Waals surface area contributed by atoms with Gasteiger partial charge in [0, 0.05) is 11.8 Å². The van der Waals surface area contributed by atoms with E-state index in [-0.39, 0.29) is 0 Å². The van der Waals surface area contributed by atoms with Crippen molar-refractivity contribution in [2.45, 2.75) is 6.92 Å². The van der Waals surface area contributed by atoms with E-state index in [0.29, 0.717) is 0 Å². The first-order valence-electron chi connectivity index (χ1n) is 9.24. The molecule has 128 valence electrons. The molecule has 0 N–H and O–H groups in total. The molecule has 0 saturated carbocycles. The summed E-state index contributed by atoms with van der Waals surface area (Å²) in [6, 6.07) is 32.4. The van der Waals surface area contributed by atoms with Gasteiger partial charge in [-0.1, -0.05) is 78.9 Å². The van der Waals surface area contributed by atoms with Crippen molar-refractivity contribution in [1.82, 2.24) is 4.98 Å². The lowest BCUT2D eigenvalue weighted by Crippen LogP contribution is -1.88. The molecular weight excluding hydrogens is 326 g/mol. The number of fused-ring (bicyclic) bond motifs is 3. The minimum atomic E-state index is 1.05. The van der Waals surface area contributed by atoms with Crippen LogP contribution in [0.2, 0.25) is 0 Å². The van der Waals surface area contributed by atoms with E-state index in [1.807, 2.05) is 12.3 Å². The Hall–Kier alpha value is -3.45. The second-order valence-corrected chi connectivity index (χ2v) is 6.94. The van der Waals surface area contributed by atoms with E-state index >= 15 is 0 Å². The summed E-state index contributed by atoms with van der Waals surface area (Å²) in [4.78, 5) is 4.54. The highest BCUT2D eigenvalue weighted by Gasteiger charge is 2.09. The number of rotatable bonds is 2. The van der Waals surface area contributed by atoms with Crippen molar-refractivity contribution in [3.05, 3.63) is 103 Å². The lowest BCUT2D eigenvalue weighted by molar-refractivity contribution is 1.27. The molecule has 0 aliphatic heterocycles. The molecule has 0 amide bonds. The van der Waals surface area contributed by atoms with Gasteiger partial charge in [0.2, 0.25) is 0 Å². The van der Waals surface area contributed by atoms with Gasteiger partial charge in [0.15, 0.2) is 0 Å². The zero-order chi connectivity index (χ0) is 18.2. The molecule has 5 rings (SSSR count). The van der Waals surface area contributed by atoms with E-state index in [0.717, 1.165) is 11.3 Å². The van der Waals surface area contributed by atoms with E-state index in [1.54, 1.807) is 0 Å². The van der Waals surface area contributed by atoms with Gasteiger partial charge in [-0.25, -0.2) is 0 Å². The Bertz CT molecular complexity index is 1270. The summed E-state index contributed by atoms with van der Waals surface area (Å²) in [5.74, 6) is 0. The number of aromatic nitrogens is 1. The standard InChI is InChI=1S/C26H19N/c1-18-7-6-16-27-26(18)20-14-12-19(13-15-20)25-17-21-8-2-3-9-22(21)23-10-4-5-11-24(23)25/h2-17H,1H3. The minimum absolute atomic E-state index is 1.05. The number of aryl methyl sites for hydroxylation is 1. The Kier molecular flexibility index (Phi) is 3.72. The summed E-state index contributed by atoms with van der Waals surface area (Å²) < 4.78 is 0. The van der Waals surface area contributed by atoms with Crippen molar-refractivity contribution >= 4 is 21.5 Å². The second-order valence-electron chi connectivity index (χ2n) is 6.94. The van der Waals surface area contributed by atoms with Crippen molar-refractivity contribution in [3.8, 4) is 22.4 Å². The van der Waals surface area contributed by atoms with Gasteiger partial charge in [-0.2, -0.15) is 0 Å². The molecule has 0 unspecified atom stereocenters. The predicted octanol–water partition coefficient (Wildman–Crippen LogP) is 7.03. The van der Waals surface area contributed by atoms with Crippen LogP contribution in [-0.2, 0) is 0 Å². The van der Waals surface area contributed by atoms with E-state index < -0.39 is 0 Å². The van der Waals surface area contributed by atoms with Gasteiger partial charge in [-0.3, -0.25) is 4.98 Å². The van der Waals surface area contributed by atoms with E-state index in [4.69, 9.17) is 0 Å². The predicted molar refractivity (Wildman–Crippen MR) is 115 cm³/mol. The normalized spacial score (nSPS) is 11.1. The monoisotopic (exact) mass is 345 g/mol. The van der Waals surface area contributed by atoms with Crippen molar-refractivity contribution < 1.29 is 0 Å². The highest BCUT2D eigenvalue weighted by molar-refractivity contribution is 6.13. The molecule has 0 fully saturated rings. The smallest absolute Gasteiger partial charge is 0.0731 e. The van der Waals surface area contributed by atoms with Crippen LogP contribution in [0.1, 0.15) is 5.56 Å². The summed E-state index contributed by atoms with van der Waals surface area (Å²) in [5.41, 5.74) is 5.90. The molecule has 1 heteroatoms. The van der Waals surface area contributed by atoms with E-state index in [1.165, 1.54) is 38.2 Å². The minimum Gasteiger partial charge on any atom is -0.256 e. The van der Waals surface area contributed by atoms with Gasteiger partial charge >= 0.3 is 0 Å². The largest absolute Gasteiger partial charge is 0.256 e. The fourth-order valence-corrected chi connectivity index (χ4v) is 3.89. The van der Waals surface area contributed by atoms with Gasteiger partial charge < -0.3 is 0 Å². The Balaban J connectivity index is 1.70. The number of hydrogen-bond acceptors (Lipinski definition) is 1. The van der Waals surface area contributed by atoms with Gasteiger partial charge in [0.1, 0.15) is 0 Å². The quantitative estimate of drug-likeness (QED) is 0.313. The first kappa shape index (κ1) is 15.8. The third-order valence-corrected chi connectivity index (χ3v) is 5.25. The van der Waals surface area contributed by atoms with Crippen LogP contribution in [0.15, 0.2) is 97.2 Å². The Morgan fingerprint density at radius 3 is 2.04 bits per heavy atom. The van der Waals surface area contributed by atoms with Crippen LogP contribution >= 0.6 is 0 Å². The lowest BCUT2D eigenvalue weighted by Gasteiger charge is -2.12. The number of pyridine rings is 1. The number of hydrogen-bond donors (Lipinski definition) is 0. The van der Waals surface area contributed by atoms with Gasteiger partial charge in [-0.05, 0) is 57.3 Å². The molecule has 4 aromatic carbocycles. The summed E-state index contributed by atoms with van der Waals surface area (Å²) in [5, 5.41) is 5.17. The van der Waals surface area contributed by atoms with E-state index in [9.17, 15) is 0 Å². The molecule has 1 heterocycles. The van der Waals surface area contributed by atoms with Gasteiger partial charge in [0.05, 0.1) is 5.69 Å². The highest BCUT2D eigenvalue weighted by atomic mass is 14.7. The average Bonchev–Trinajstić information content (AvgIpc) is 2.74. The van der Waals surface area contributed by atoms with Crippen molar-refractivity contribution in [2.75, 3.05) is 0 Å². The molecule has 1 aromatic heterocycles. The molecule has 1 nitrogen and oxygen atoms in total. The second kappa shape index (κ2) is 6.37. The van der Waals surface area contributed by atoms with Crippen molar-refractivity contribution in [1.29, 1.82) is 0 Å². The summed E-state index contributed by atoms with van der Waals surface area (Å²) in [6.07, 6.45) is 1.85. The van der Waals surface area contributed by atoms with Crippen molar-refractivity contribution in [3.63, 3.8) is 0 Å². The van der Waals surface area contributed by atoms with Crippen LogP contribution in [0.25, 0.3) is 43.9 Å². The van der Waals surface area contributed by atoms with Crippen LogP contribution in [0.5, 0.6) is 0 Å². The maximum atomic E-state index is 4.54. The van der Waals surface area contributed by atoms with Crippen LogP contribution in [0.3, 0.4) is 0 Å². The van der Waals surface area contributed by atoms with Crippen LogP contribution < -0.4 is 0 Å². The Labute approximate surface area is 158 Å². The summed E-state index contributed by atoms with van der Waals surface area (Å²) >= 11 is 0. The molecule has 0 bridgehead atoms. The molecule has 5 aromatic rings. The highest BCUT2D eigenvalue weighted by Crippen LogP contribution is 2.35. The third kappa shape index (κ3) is 2.69. The molecule has 0 aliphatic rings. The average molecular weight is 345 g/mol. The molecule has 27 heavy (non-hydrogen) atoms. The fourth-order valence-electron chi connectivity index (χ4n) is 3.89. The molecule has 0 radical (unpaired) electrons. The topological polar surface area (TPSA) is 12.9 Å². The van der Waals surface area contributed by atoms with Crippen molar-refractivity contribution in [2.24, 2.45) is 0 Å².